The Kier molecular flexibility index (Phi) is 4.41. The Morgan fingerprint density at radius 1 is 1.27 bits per heavy atom. The van der Waals surface area contributed by atoms with Gasteiger partial charge in [0.1, 0.15) is 6.61 Å². The van der Waals surface area contributed by atoms with E-state index in [-0.39, 0.29) is 6.61 Å². The number of rotatable bonds is 4. The van der Waals surface area contributed by atoms with E-state index >= 15 is 0 Å². The number of carbonyl (C=O) groups is 1. The highest BCUT2D eigenvalue weighted by Crippen LogP contribution is 2.11. The van der Waals surface area contributed by atoms with E-state index in [9.17, 15) is 4.79 Å². The first-order valence-electron chi connectivity index (χ1n) is 4.76. The topological polar surface area (TPSA) is 35.5 Å². The van der Waals surface area contributed by atoms with Crippen LogP contribution >= 0.6 is 0 Å². The zero-order valence-electron chi connectivity index (χ0n) is 8.73. The lowest BCUT2D eigenvalue weighted by Crippen LogP contribution is -2.08. The van der Waals surface area contributed by atoms with E-state index in [1.807, 2.05) is 30.3 Å². The van der Waals surface area contributed by atoms with E-state index in [2.05, 4.69) is 11.3 Å². The monoisotopic (exact) mass is 206 g/mol. The molecule has 0 N–H and O–H groups in total. The molecule has 0 aliphatic rings. The molecule has 0 unspecified atom stereocenters. The van der Waals surface area contributed by atoms with Crippen molar-refractivity contribution in [1.29, 1.82) is 0 Å². The van der Waals surface area contributed by atoms with Gasteiger partial charge in [0.25, 0.3) is 0 Å². The quantitative estimate of drug-likeness (QED) is 0.710. The first-order valence-corrected chi connectivity index (χ1v) is 4.76. The number of benzene rings is 1. The number of ether oxygens (including phenoxy) is 2. The highest BCUT2D eigenvalue weighted by Gasteiger charge is 2.04. The molecule has 3 nitrogen and oxygen atoms in total. The Balaban J connectivity index is 2.40. The molecule has 0 heterocycles. The molecule has 0 amide bonds. The van der Waals surface area contributed by atoms with Crippen LogP contribution in [0.1, 0.15) is 12.5 Å². The Morgan fingerprint density at radius 3 is 2.53 bits per heavy atom. The van der Waals surface area contributed by atoms with E-state index in [0.29, 0.717) is 6.61 Å². The minimum absolute atomic E-state index is 0.156. The molecule has 0 spiro atoms. The summed E-state index contributed by atoms with van der Waals surface area (Å²) >= 11 is 0. The van der Waals surface area contributed by atoms with Gasteiger partial charge in [-0.25, -0.2) is 4.79 Å². The molecule has 1 aromatic rings. The third-order valence-electron chi connectivity index (χ3n) is 1.81. The largest absolute Gasteiger partial charge is 0.508 e. The zero-order valence-corrected chi connectivity index (χ0v) is 8.73. The van der Waals surface area contributed by atoms with E-state index in [1.54, 1.807) is 6.92 Å². The standard InChI is InChI=1S/C12H14O3/c1-3-14-12(13)15-9-10(2)11-7-5-4-6-8-11/h4-8H,2-3,9H2,1H3. The fraction of sp³-hybridized carbons (Fsp3) is 0.250. The van der Waals surface area contributed by atoms with Crippen molar-refractivity contribution in [2.24, 2.45) is 0 Å². The maximum absolute atomic E-state index is 10.9. The summed E-state index contributed by atoms with van der Waals surface area (Å²) < 4.78 is 9.46. The highest BCUT2D eigenvalue weighted by molar-refractivity contribution is 5.67. The molecule has 0 radical (unpaired) electrons. The highest BCUT2D eigenvalue weighted by atomic mass is 16.7. The molecule has 0 saturated carbocycles. The summed E-state index contributed by atoms with van der Waals surface area (Å²) in [5, 5.41) is 0. The van der Waals surface area contributed by atoms with Crippen LogP contribution in [0.5, 0.6) is 0 Å². The third kappa shape index (κ3) is 3.85. The first-order chi connectivity index (χ1) is 7.24. The second kappa shape index (κ2) is 5.86. The molecular weight excluding hydrogens is 192 g/mol. The summed E-state index contributed by atoms with van der Waals surface area (Å²) in [6.45, 7) is 6.03. The van der Waals surface area contributed by atoms with Gasteiger partial charge in [-0.2, -0.15) is 0 Å². The zero-order chi connectivity index (χ0) is 11.1. The van der Waals surface area contributed by atoms with Gasteiger partial charge in [-0.1, -0.05) is 36.9 Å². The van der Waals surface area contributed by atoms with Crippen LogP contribution in [0.25, 0.3) is 5.57 Å². The summed E-state index contributed by atoms with van der Waals surface area (Å²) in [6, 6.07) is 9.56. The van der Waals surface area contributed by atoms with Gasteiger partial charge < -0.3 is 9.47 Å². The molecule has 0 aromatic heterocycles. The van der Waals surface area contributed by atoms with Crippen LogP contribution in [-0.4, -0.2) is 19.4 Å². The van der Waals surface area contributed by atoms with Crippen molar-refractivity contribution < 1.29 is 14.3 Å². The van der Waals surface area contributed by atoms with Crippen LogP contribution in [0.15, 0.2) is 36.9 Å². The average Bonchev–Trinajstić information content (AvgIpc) is 2.27. The lowest BCUT2D eigenvalue weighted by Gasteiger charge is -2.06. The van der Waals surface area contributed by atoms with Gasteiger partial charge in [0.15, 0.2) is 0 Å². The maximum Gasteiger partial charge on any atom is 0.508 e. The fourth-order valence-corrected chi connectivity index (χ4v) is 1.06. The van der Waals surface area contributed by atoms with Gasteiger partial charge in [-0.3, -0.25) is 0 Å². The van der Waals surface area contributed by atoms with Crippen LogP contribution in [0, 0.1) is 0 Å². The van der Waals surface area contributed by atoms with Crippen molar-refractivity contribution in [3.8, 4) is 0 Å². The SMILES string of the molecule is C=C(COC(=O)OCC)c1ccccc1. The number of hydrogen-bond donors (Lipinski definition) is 0. The summed E-state index contributed by atoms with van der Waals surface area (Å²) in [7, 11) is 0. The Labute approximate surface area is 89.3 Å². The lowest BCUT2D eigenvalue weighted by molar-refractivity contribution is 0.0687. The van der Waals surface area contributed by atoms with Crippen molar-refractivity contribution >= 4 is 11.7 Å². The molecule has 0 atom stereocenters. The molecular formula is C12H14O3. The number of carbonyl (C=O) groups excluding carboxylic acids is 1. The normalized spacial score (nSPS) is 9.40. The van der Waals surface area contributed by atoms with Crippen LogP contribution < -0.4 is 0 Å². The first kappa shape index (κ1) is 11.3. The average molecular weight is 206 g/mol. The molecule has 15 heavy (non-hydrogen) atoms. The van der Waals surface area contributed by atoms with E-state index in [4.69, 9.17) is 4.74 Å². The minimum atomic E-state index is -0.658. The van der Waals surface area contributed by atoms with Crippen molar-refractivity contribution in [3.63, 3.8) is 0 Å². The molecule has 1 rings (SSSR count). The fourth-order valence-electron chi connectivity index (χ4n) is 1.06. The maximum atomic E-state index is 10.9. The van der Waals surface area contributed by atoms with Crippen LogP contribution in [-0.2, 0) is 9.47 Å². The van der Waals surface area contributed by atoms with Gasteiger partial charge in [0, 0.05) is 0 Å². The van der Waals surface area contributed by atoms with Crippen LogP contribution in [0.4, 0.5) is 4.79 Å². The predicted molar refractivity (Wildman–Crippen MR) is 58.5 cm³/mol. The van der Waals surface area contributed by atoms with Gasteiger partial charge >= 0.3 is 6.16 Å². The van der Waals surface area contributed by atoms with Crippen LogP contribution in [0.2, 0.25) is 0 Å². The second-order valence-electron chi connectivity index (χ2n) is 2.94. The Bertz CT molecular complexity index is 330. The number of hydrogen-bond acceptors (Lipinski definition) is 3. The van der Waals surface area contributed by atoms with Gasteiger partial charge in [0.05, 0.1) is 6.61 Å². The molecule has 0 aliphatic carbocycles. The molecule has 80 valence electrons. The predicted octanol–water partition coefficient (Wildman–Crippen LogP) is 2.87. The van der Waals surface area contributed by atoms with Gasteiger partial charge in [-0.15, -0.1) is 0 Å². The van der Waals surface area contributed by atoms with Crippen molar-refractivity contribution in [3.05, 3.63) is 42.5 Å². The molecule has 3 heteroatoms. The van der Waals surface area contributed by atoms with Crippen molar-refractivity contribution in [2.75, 3.05) is 13.2 Å². The van der Waals surface area contributed by atoms with Crippen LogP contribution in [0.3, 0.4) is 0 Å². The van der Waals surface area contributed by atoms with E-state index in [0.717, 1.165) is 11.1 Å². The van der Waals surface area contributed by atoms with Gasteiger partial charge in [0.2, 0.25) is 0 Å². The summed E-state index contributed by atoms with van der Waals surface area (Å²) in [5.74, 6) is 0. The minimum Gasteiger partial charge on any atom is -0.435 e. The Hall–Kier alpha value is -1.77. The molecule has 0 bridgehead atoms. The van der Waals surface area contributed by atoms with Crippen molar-refractivity contribution in [1.82, 2.24) is 0 Å². The smallest absolute Gasteiger partial charge is 0.435 e. The summed E-state index contributed by atoms with van der Waals surface area (Å²) in [4.78, 5) is 10.9. The Morgan fingerprint density at radius 2 is 1.93 bits per heavy atom. The van der Waals surface area contributed by atoms with E-state index in [1.165, 1.54) is 0 Å². The second-order valence-corrected chi connectivity index (χ2v) is 2.94. The summed E-state index contributed by atoms with van der Waals surface area (Å²) in [6.07, 6.45) is -0.658. The van der Waals surface area contributed by atoms with Crippen molar-refractivity contribution in [2.45, 2.75) is 6.92 Å². The molecule has 0 aliphatic heterocycles. The molecule has 0 saturated heterocycles. The van der Waals surface area contributed by atoms with E-state index < -0.39 is 6.16 Å². The third-order valence-corrected chi connectivity index (χ3v) is 1.81. The summed E-state index contributed by atoms with van der Waals surface area (Å²) in [5.41, 5.74) is 1.71. The lowest BCUT2D eigenvalue weighted by atomic mass is 10.1. The molecule has 1 aromatic carbocycles. The molecule has 0 fully saturated rings. The van der Waals surface area contributed by atoms with Gasteiger partial charge in [-0.05, 0) is 18.1 Å².